The summed E-state index contributed by atoms with van der Waals surface area (Å²) in [6.07, 6.45) is 8.73. The van der Waals surface area contributed by atoms with Crippen LogP contribution in [-0.2, 0) is 12.2 Å². The topological polar surface area (TPSA) is 37.8 Å². The van der Waals surface area contributed by atoms with E-state index in [1.54, 1.807) is 0 Å². The zero-order valence-corrected chi connectivity index (χ0v) is 15.5. The van der Waals surface area contributed by atoms with Crippen LogP contribution < -0.4 is 5.32 Å². The first-order chi connectivity index (χ1) is 10.2. The molecule has 1 N–H and O–H groups in total. The van der Waals surface area contributed by atoms with E-state index >= 15 is 0 Å². The van der Waals surface area contributed by atoms with Crippen molar-refractivity contribution in [3.8, 4) is 0 Å². The normalized spacial score (nSPS) is 15.6. The summed E-state index contributed by atoms with van der Waals surface area (Å²) in [6, 6.07) is 0. The van der Waals surface area contributed by atoms with E-state index in [2.05, 4.69) is 35.1 Å². The predicted molar refractivity (Wildman–Crippen MR) is 96.1 cm³/mol. The fourth-order valence-corrected chi connectivity index (χ4v) is 4.32. The second kappa shape index (κ2) is 8.99. The highest BCUT2D eigenvalue weighted by Crippen LogP contribution is 2.32. The number of nitrogens with zero attached hydrogens (tertiary/aromatic N) is 2. The zero-order valence-electron chi connectivity index (χ0n) is 13.1. The SMILES string of the molecule is CCCNc1nc(CSC2CCCC2)nc(CCC)c1Br. The highest BCUT2D eigenvalue weighted by Gasteiger charge is 2.17. The van der Waals surface area contributed by atoms with E-state index in [1.807, 2.05) is 11.8 Å². The van der Waals surface area contributed by atoms with E-state index in [0.717, 1.165) is 58.6 Å². The van der Waals surface area contributed by atoms with E-state index in [4.69, 9.17) is 9.97 Å². The van der Waals surface area contributed by atoms with Crippen LogP contribution in [0, 0.1) is 0 Å². The molecule has 118 valence electrons. The molecule has 0 bridgehead atoms. The third-order valence-corrected chi connectivity index (χ3v) is 5.95. The average molecular weight is 372 g/mol. The lowest BCUT2D eigenvalue weighted by molar-refractivity contribution is 0.839. The van der Waals surface area contributed by atoms with E-state index < -0.39 is 0 Å². The van der Waals surface area contributed by atoms with Crippen molar-refractivity contribution in [2.45, 2.75) is 69.8 Å². The van der Waals surface area contributed by atoms with Crippen LogP contribution in [0.1, 0.15) is 63.9 Å². The Labute approximate surface area is 141 Å². The van der Waals surface area contributed by atoms with E-state index in [-0.39, 0.29) is 0 Å². The van der Waals surface area contributed by atoms with Crippen molar-refractivity contribution in [2.24, 2.45) is 0 Å². The summed E-state index contributed by atoms with van der Waals surface area (Å²) in [6.45, 7) is 5.32. The molecule has 5 heteroatoms. The summed E-state index contributed by atoms with van der Waals surface area (Å²) >= 11 is 5.70. The molecule has 0 aliphatic heterocycles. The van der Waals surface area contributed by atoms with Gasteiger partial charge in [-0.3, -0.25) is 0 Å². The summed E-state index contributed by atoms with van der Waals surface area (Å²) in [5.41, 5.74) is 1.15. The van der Waals surface area contributed by atoms with Gasteiger partial charge in [0.2, 0.25) is 0 Å². The van der Waals surface area contributed by atoms with Gasteiger partial charge in [0.15, 0.2) is 0 Å². The van der Waals surface area contributed by atoms with E-state index in [0.29, 0.717) is 0 Å². The van der Waals surface area contributed by atoms with E-state index in [1.165, 1.54) is 25.7 Å². The van der Waals surface area contributed by atoms with Crippen molar-refractivity contribution in [1.82, 2.24) is 9.97 Å². The second-order valence-corrected chi connectivity index (χ2v) is 7.73. The number of anilines is 1. The number of aryl methyl sites for hydroxylation is 1. The third-order valence-electron chi connectivity index (χ3n) is 3.75. The standard InChI is InChI=1S/C16H26BrN3S/c1-3-7-13-15(17)16(18-10-4-2)20-14(19-13)11-21-12-8-5-6-9-12/h12H,3-11H2,1-2H3,(H,18,19,20). The molecule has 1 aromatic heterocycles. The van der Waals surface area contributed by atoms with Gasteiger partial charge < -0.3 is 5.32 Å². The summed E-state index contributed by atoms with van der Waals surface area (Å²) in [7, 11) is 0. The molecule has 21 heavy (non-hydrogen) atoms. The molecule has 1 aliphatic rings. The quantitative estimate of drug-likeness (QED) is 0.682. The Kier molecular flexibility index (Phi) is 7.30. The molecular formula is C16H26BrN3S. The molecule has 2 rings (SSSR count). The molecule has 1 aromatic rings. The van der Waals surface area contributed by atoms with Gasteiger partial charge in [-0.15, -0.1) is 0 Å². The van der Waals surface area contributed by atoms with Gasteiger partial charge in [-0.25, -0.2) is 9.97 Å². The monoisotopic (exact) mass is 371 g/mol. The van der Waals surface area contributed by atoms with Gasteiger partial charge in [0.1, 0.15) is 11.6 Å². The number of halogens is 1. The van der Waals surface area contributed by atoms with Crippen LogP contribution in [-0.4, -0.2) is 21.8 Å². The van der Waals surface area contributed by atoms with Crippen LogP contribution in [0.15, 0.2) is 4.47 Å². The van der Waals surface area contributed by atoms with Gasteiger partial charge in [-0.1, -0.05) is 33.1 Å². The maximum atomic E-state index is 4.77. The number of hydrogen-bond donors (Lipinski definition) is 1. The van der Waals surface area contributed by atoms with Crippen molar-refractivity contribution in [3.63, 3.8) is 0 Å². The molecule has 0 amide bonds. The Balaban J connectivity index is 2.08. The highest BCUT2D eigenvalue weighted by molar-refractivity contribution is 9.10. The second-order valence-electron chi connectivity index (χ2n) is 5.64. The average Bonchev–Trinajstić information content (AvgIpc) is 3.00. The Bertz CT molecular complexity index is 447. The maximum Gasteiger partial charge on any atom is 0.144 e. The lowest BCUT2D eigenvalue weighted by Crippen LogP contribution is -2.09. The minimum Gasteiger partial charge on any atom is -0.369 e. The molecule has 0 saturated heterocycles. The van der Waals surface area contributed by atoms with Crippen LogP contribution in [0.5, 0.6) is 0 Å². The van der Waals surface area contributed by atoms with Crippen LogP contribution in [0.4, 0.5) is 5.82 Å². The van der Waals surface area contributed by atoms with Gasteiger partial charge in [0.05, 0.1) is 15.9 Å². The molecule has 0 atom stereocenters. The Hall–Kier alpha value is -0.290. The fourth-order valence-electron chi connectivity index (χ4n) is 2.62. The number of aromatic nitrogens is 2. The van der Waals surface area contributed by atoms with Gasteiger partial charge in [-0.05, 0) is 41.6 Å². The Morgan fingerprint density at radius 3 is 2.62 bits per heavy atom. The van der Waals surface area contributed by atoms with Crippen molar-refractivity contribution in [2.75, 3.05) is 11.9 Å². The first kappa shape index (κ1) is 17.1. The number of rotatable bonds is 8. The molecule has 0 radical (unpaired) electrons. The minimum absolute atomic E-state index is 0.818. The summed E-state index contributed by atoms with van der Waals surface area (Å²) in [5, 5.41) is 4.24. The highest BCUT2D eigenvalue weighted by atomic mass is 79.9. The first-order valence-electron chi connectivity index (χ1n) is 8.15. The summed E-state index contributed by atoms with van der Waals surface area (Å²) in [4.78, 5) is 9.50. The Morgan fingerprint density at radius 1 is 1.19 bits per heavy atom. The third kappa shape index (κ3) is 5.13. The smallest absolute Gasteiger partial charge is 0.144 e. The first-order valence-corrected chi connectivity index (χ1v) is 9.99. The summed E-state index contributed by atoms with van der Waals surface area (Å²) in [5.74, 6) is 2.89. The fraction of sp³-hybridized carbons (Fsp3) is 0.750. The molecule has 1 aliphatic carbocycles. The van der Waals surface area contributed by atoms with Gasteiger partial charge in [-0.2, -0.15) is 11.8 Å². The zero-order chi connectivity index (χ0) is 15.1. The van der Waals surface area contributed by atoms with Crippen LogP contribution in [0.3, 0.4) is 0 Å². The molecule has 0 aromatic carbocycles. The largest absolute Gasteiger partial charge is 0.369 e. The van der Waals surface area contributed by atoms with Crippen molar-refractivity contribution in [3.05, 3.63) is 16.0 Å². The molecule has 0 spiro atoms. The number of thioether (sulfide) groups is 1. The predicted octanol–water partition coefficient (Wildman–Crippen LogP) is 5.19. The van der Waals surface area contributed by atoms with Crippen LogP contribution in [0.25, 0.3) is 0 Å². The molecule has 1 fully saturated rings. The van der Waals surface area contributed by atoms with Gasteiger partial charge in [0.25, 0.3) is 0 Å². The maximum absolute atomic E-state index is 4.77. The molecule has 1 saturated carbocycles. The lowest BCUT2D eigenvalue weighted by atomic mass is 10.2. The van der Waals surface area contributed by atoms with Gasteiger partial charge >= 0.3 is 0 Å². The molecule has 3 nitrogen and oxygen atoms in total. The van der Waals surface area contributed by atoms with E-state index in [9.17, 15) is 0 Å². The number of nitrogens with one attached hydrogen (secondary N) is 1. The number of hydrogen-bond acceptors (Lipinski definition) is 4. The van der Waals surface area contributed by atoms with Crippen LogP contribution in [0.2, 0.25) is 0 Å². The minimum atomic E-state index is 0.818. The molecular weight excluding hydrogens is 346 g/mol. The Morgan fingerprint density at radius 2 is 1.95 bits per heavy atom. The molecule has 0 unspecified atom stereocenters. The lowest BCUT2D eigenvalue weighted by Gasteiger charge is -2.13. The van der Waals surface area contributed by atoms with Crippen LogP contribution >= 0.6 is 27.7 Å². The summed E-state index contributed by atoms with van der Waals surface area (Å²) < 4.78 is 1.05. The van der Waals surface area contributed by atoms with Gasteiger partial charge in [0, 0.05) is 11.8 Å². The van der Waals surface area contributed by atoms with Crippen molar-refractivity contribution in [1.29, 1.82) is 0 Å². The van der Waals surface area contributed by atoms with Crippen molar-refractivity contribution >= 4 is 33.5 Å². The molecule has 1 heterocycles. The van der Waals surface area contributed by atoms with Crippen molar-refractivity contribution < 1.29 is 0 Å².